The van der Waals surface area contributed by atoms with E-state index in [4.69, 9.17) is 0 Å². The van der Waals surface area contributed by atoms with Crippen LogP contribution in [0, 0.1) is 0 Å². The van der Waals surface area contributed by atoms with Crippen molar-refractivity contribution in [2.24, 2.45) is 0 Å². The Morgan fingerprint density at radius 1 is 0.269 bits per heavy atom. The first-order valence-corrected chi connectivity index (χ1v) is 23.4. The van der Waals surface area contributed by atoms with Crippen LogP contribution in [0.25, 0.3) is 121 Å². The van der Waals surface area contributed by atoms with Crippen molar-refractivity contribution < 1.29 is 0 Å². The number of hydrogen-bond donors (Lipinski definition) is 0. The van der Waals surface area contributed by atoms with Crippen LogP contribution in [-0.2, 0) is 5.41 Å². The van der Waals surface area contributed by atoms with Gasteiger partial charge >= 0.3 is 0 Å². The van der Waals surface area contributed by atoms with E-state index in [1.165, 1.54) is 121 Å². The summed E-state index contributed by atoms with van der Waals surface area (Å²) in [4.78, 5) is 0. The van der Waals surface area contributed by atoms with Crippen LogP contribution >= 0.6 is 0 Å². The Morgan fingerprint density at radius 2 is 0.701 bits per heavy atom. The summed E-state index contributed by atoms with van der Waals surface area (Å²) < 4.78 is 4.85. The first kappa shape index (κ1) is 37.9. The minimum atomic E-state index is -0.0761. The molecule has 314 valence electrons. The summed E-state index contributed by atoms with van der Waals surface area (Å²) in [7, 11) is 0. The highest BCUT2D eigenvalue weighted by Gasteiger charge is 2.35. The first-order chi connectivity index (χ1) is 33.0. The van der Waals surface area contributed by atoms with Crippen LogP contribution < -0.4 is 0 Å². The van der Waals surface area contributed by atoms with Crippen molar-refractivity contribution >= 4 is 65.2 Å². The normalized spacial score (nSPS) is 13.0. The number of rotatable bonds is 5. The van der Waals surface area contributed by atoms with Gasteiger partial charge in [-0.2, -0.15) is 0 Å². The molecule has 1 aliphatic rings. The first-order valence-electron chi connectivity index (χ1n) is 23.4. The van der Waals surface area contributed by atoms with Crippen LogP contribution in [0.2, 0.25) is 0 Å². The van der Waals surface area contributed by atoms with Crippen molar-refractivity contribution in [3.8, 4) is 55.9 Å². The number of hydrogen-bond acceptors (Lipinski definition) is 0. The zero-order valence-corrected chi connectivity index (χ0v) is 37.3. The summed E-state index contributed by atoms with van der Waals surface area (Å²) in [5.41, 5.74) is 19.8. The molecule has 2 nitrogen and oxygen atoms in total. The van der Waals surface area contributed by atoms with Gasteiger partial charge in [0.05, 0.1) is 22.1 Å². The lowest BCUT2D eigenvalue weighted by Crippen LogP contribution is -2.14. The molecule has 0 radical (unpaired) electrons. The van der Waals surface area contributed by atoms with E-state index < -0.39 is 0 Å². The molecular weight excluding hydrogens is 809 g/mol. The maximum absolute atomic E-state index is 2.48. The SMILES string of the molecule is CC1(C)c2ccccc2-c2cc(-c3c4cccc(-c5ccc6c7ccccc7n(-c7ccccc7)c6c5)c4cc4c(-c5ccc6c7ccccc7n(-c7ccccc7)c6c5)cccc34)ccc21. The van der Waals surface area contributed by atoms with Gasteiger partial charge in [-0.15, -0.1) is 0 Å². The second kappa shape index (κ2) is 14.3. The van der Waals surface area contributed by atoms with E-state index in [1.807, 2.05) is 0 Å². The van der Waals surface area contributed by atoms with Crippen molar-refractivity contribution in [1.82, 2.24) is 9.13 Å². The molecule has 0 amide bonds. The Labute approximate surface area is 389 Å². The zero-order valence-electron chi connectivity index (χ0n) is 37.3. The number of fused-ring (bicyclic) bond motifs is 11. The molecule has 0 atom stereocenters. The van der Waals surface area contributed by atoms with Gasteiger partial charge < -0.3 is 9.13 Å². The highest BCUT2D eigenvalue weighted by molar-refractivity contribution is 6.20. The quantitative estimate of drug-likeness (QED) is 0.153. The van der Waals surface area contributed by atoms with Gasteiger partial charge in [-0.25, -0.2) is 0 Å². The Hall–Kier alpha value is -8.46. The van der Waals surface area contributed by atoms with E-state index >= 15 is 0 Å². The van der Waals surface area contributed by atoms with Gasteiger partial charge in [0.25, 0.3) is 0 Å². The number of para-hydroxylation sites is 4. The van der Waals surface area contributed by atoms with Crippen LogP contribution in [-0.4, -0.2) is 9.13 Å². The summed E-state index contributed by atoms with van der Waals surface area (Å²) in [6, 6.07) is 85.9. The number of benzene rings is 11. The van der Waals surface area contributed by atoms with Crippen LogP contribution in [0.5, 0.6) is 0 Å². The molecule has 13 aromatic rings. The van der Waals surface area contributed by atoms with Crippen molar-refractivity contribution in [3.63, 3.8) is 0 Å². The summed E-state index contributed by atoms with van der Waals surface area (Å²) in [6.45, 7) is 4.73. The van der Waals surface area contributed by atoms with Crippen LogP contribution in [0.15, 0.2) is 231 Å². The molecule has 0 saturated heterocycles. The van der Waals surface area contributed by atoms with Gasteiger partial charge in [-0.1, -0.05) is 184 Å². The molecule has 0 unspecified atom stereocenters. The smallest absolute Gasteiger partial charge is 0.0547 e. The van der Waals surface area contributed by atoms with Crippen LogP contribution in [0.1, 0.15) is 25.0 Å². The molecule has 11 aromatic carbocycles. The monoisotopic (exact) mass is 852 g/mol. The van der Waals surface area contributed by atoms with E-state index in [0.717, 1.165) is 11.4 Å². The molecule has 0 aliphatic heterocycles. The van der Waals surface area contributed by atoms with Gasteiger partial charge in [0, 0.05) is 38.3 Å². The van der Waals surface area contributed by atoms with Crippen LogP contribution in [0.3, 0.4) is 0 Å². The fourth-order valence-electron chi connectivity index (χ4n) is 11.8. The van der Waals surface area contributed by atoms with Crippen molar-refractivity contribution in [2.45, 2.75) is 19.3 Å². The summed E-state index contributed by atoms with van der Waals surface area (Å²) in [5.74, 6) is 0. The van der Waals surface area contributed by atoms with E-state index in [1.54, 1.807) is 0 Å². The Bertz CT molecular complexity index is 3950. The lowest BCUT2D eigenvalue weighted by atomic mass is 9.81. The largest absolute Gasteiger partial charge is 0.309 e. The summed E-state index contributed by atoms with van der Waals surface area (Å²) in [6.07, 6.45) is 0. The highest BCUT2D eigenvalue weighted by Crippen LogP contribution is 2.51. The van der Waals surface area contributed by atoms with Gasteiger partial charge in [0.1, 0.15) is 0 Å². The summed E-state index contributed by atoms with van der Waals surface area (Å²) in [5, 5.41) is 9.98. The maximum Gasteiger partial charge on any atom is 0.0547 e. The average Bonchev–Trinajstić information content (AvgIpc) is 3.97. The molecule has 14 rings (SSSR count). The molecule has 1 aliphatic carbocycles. The van der Waals surface area contributed by atoms with Gasteiger partial charge in [-0.3, -0.25) is 0 Å². The average molecular weight is 853 g/mol. The topological polar surface area (TPSA) is 9.86 Å². The number of aromatic nitrogens is 2. The molecule has 2 heteroatoms. The van der Waals surface area contributed by atoms with Crippen molar-refractivity contribution in [2.75, 3.05) is 0 Å². The molecule has 0 bridgehead atoms. The fraction of sp³-hybridized carbons (Fsp3) is 0.0462. The molecule has 2 aromatic heterocycles. The predicted molar refractivity (Wildman–Crippen MR) is 284 cm³/mol. The predicted octanol–water partition coefficient (Wildman–Crippen LogP) is 17.5. The zero-order chi connectivity index (χ0) is 44.4. The standard InChI is InChI=1S/C65H44N2/c1-65(2)58-28-12-9-21-48(58)57-37-43(33-36-59(57)65)64-53-26-15-24-46(41-31-34-51-49-22-10-13-29-60(49)66(62(51)38-41)44-17-5-3-6-18-44)55(53)40-56-47(25-16-27-54(56)64)42-32-35-52-50-23-11-14-30-61(50)67(63(52)39-42)45-19-7-4-8-20-45/h3-40H,1-2H3. The summed E-state index contributed by atoms with van der Waals surface area (Å²) >= 11 is 0. The molecular formula is C65H44N2. The lowest BCUT2D eigenvalue weighted by Gasteiger charge is -2.22. The Kier molecular flexibility index (Phi) is 8.06. The molecule has 0 saturated carbocycles. The molecule has 2 heterocycles. The second-order valence-corrected chi connectivity index (χ2v) is 18.8. The van der Waals surface area contributed by atoms with Crippen LogP contribution in [0.4, 0.5) is 0 Å². The minimum Gasteiger partial charge on any atom is -0.309 e. The van der Waals surface area contributed by atoms with E-state index in [0.29, 0.717) is 0 Å². The van der Waals surface area contributed by atoms with E-state index in [-0.39, 0.29) is 5.41 Å². The van der Waals surface area contributed by atoms with E-state index in [2.05, 4.69) is 254 Å². The third-order valence-electron chi connectivity index (χ3n) is 14.9. The highest BCUT2D eigenvalue weighted by atomic mass is 15.0. The molecule has 0 spiro atoms. The lowest BCUT2D eigenvalue weighted by molar-refractivity contribution is 0.660. The molecule has 0 fully saturated rings. The maximum atomic E-state index is 2.48. The third-order valence-corrected chi connectivity index (χ3v) is 14.9. The second-order valence-electron chi connectivity index (χ2n) is 18.8. The van der Waals surface area contributed by atoms with Gasteiger partial charge in [-0.05, 0) is 138 Å². The van der Waals surface area contributed by atoms with Crippen molar-refractivity contribution in [3.05, 3.63) is 242 Å². The molecule has 67 heavy (non-hydrogen) atoms. The van der Waals surface area contributed by atoms with E-state index in [9.17, 15) is 0 Å². The number of nitrogens with zero attached hydrogens (tertiary/aromatic N) is 2. The fourth-order valence-corrected chi connectivity index (χ4v) is 11.8. The Balaban J connectivity index is 1.06. The third kappa shape index (κ3) is 5.51. The molecule has 0 N–H and O–H groups in total. The van der Waals surface area contributed by atoms with Gasteiger partial charge in [0.15, 0.2) is 0 Å². The van der Waals surface area contributed by atoms with Crippen molar-refractivity contribution in [1.29, 1.82) is 0 Å². The minimum absolute atomic E-state index is 0.0761. The van der Waals surface area contributed by atoms with Gasteiger partial charge in [0.2, 0.25) is 0 Å². The Morgan fingerprint density at radius 3 is 1.27 bits per heavy atom.